The summed E-state index contributed by atoms with van der Waals surface area (Å²) in [6, 6.07) is 16.4. The van der Waals surface area contributed by atoms with Crippen molar-refractivity contribution in [1.82, 2.24) is 5.32 Å². The Bertz CT molecular complexity index is 938. The van der Waals surface area contributed by atoms with Gasteiger partial charge in [0.05, 0.1) is 10.0 Å². The van der Waals surface area contributed by atoms with Gasteiger partial charge < -0.3 is 10.7 Å². The summed E-state index contributed by atoms with van der Waals surface area (Å²) in [5.74, 6) is -0.172. The van der Waals surface area contributed by atoms with Crippen LogP contribution in [0.1, 0.15) is 21.5 Å². The highest BCUT2D eigenvalue weighted by Gasteiger charge is 2.11. The summed E-state index contributed by atoms with van der Waals surface area (Å²) in [5, 5.41) is 13.0. The number of carbonyl (C=O) groups is 1. The molecule has 24 heavy (non-hydrogen) atoms. The first-order valence-electron chi connectivity index (χ1n) is 7.34. The lowest BCUT2D eigenvalue weighted by molar-refractivity contribution is 0.0952. The van der Waals surface area contributed by atoms with Crippen LogP contribution in [0, 0.1) is 5.41 Å². The van der Waals surface area contributed by atoms with Crippen molar-refractivity contribution in [3.8, 4) is 0 Å². The second-order valence-electron chi connectivity index (χ2n) is 5.32. The highest BCUT2D eigenvalue weighted by Crippen LogP contribution is 2.24. The van der Waals surface area contributed by atoms with Crippen LogP contribution < -0.4 is 5.32 Å². The number of nitrogens with one attached hydrogen (secondary N) is 2. The molecule has 3 aromatic carbocycles. The average Bonchev–Trinajstić information content (AvgIpc) is 2.61. The van der Waals surface area contributed by atoms with Crippen LogP contribution in [0.15, 0.2) is 54.6 Å². The lowest BCUT2D eigenvalue weighted by atomic mass is 9.99. The van der Waals surface area contributed by atoms with Crippen LogP contribution in [-0.4, -0.2) is 12.1 Å². The summed E-state index contributed by atoms with van der Waals surface area (Å²) in [5.41, 5.74) is 2.24. The van der Waals surface area contributed by atoms with E-state index in [0.29, 0.717) is 22.2 Å². The van der Waals surface area contributed by atoms with Crippen molar-refractivity contribution in [2.45, 2.75) is 6.54 Å². The van der Waals surface area contributed by atoms with Crippen LogP contribution in [0.4, 0.5) is 0 Å². The van der Waals surface area contributed by atoms with E-state index >= 15 is 0 Å². The van der Waals surface area contributed by atoms with E-state index in [2.05, 4.69) is 5.32 Å². The number of carbonyl (C=O) groups excluding carboxylic acids is 1. The topological polar surface area (TPSA) is 53.0 Å². The van der Waals surface area contributed by atoms with Crippen molar-refractivity contribution in [1.29, 1.82) is 5.41 Å². The van der Waals surface area contributed by atoms with Gasteiger partial charge in [0, 0.05) is 18.3 Å². The number of halogens is 2. The molecule has 3 nitrogen and oxygen atoms in total. The summed E-state index contributed by atoms with van der Waals surface area (Å²) < 4.78 is 0. The van der Waals surface area contributed by atoms with E-state index in [4.69, 9.17) is 28.6 Å². The second-order valence-corrected chi connectivity index (χ2v) is 6.14. The number of hydrogen-bond donors (Lipinski definition) is 2. The molecule has 0 aromatic heterocycles. The fourth-order valence-corrected chi connectivity index (χ4v) is 2.89. The minimum absolute atomic E-state index is 0.172. The van der Waals surface area contributed by atoms with Crippen molar-refractivity contribution in [3.63, 3.8) is 0 Å². The highest BCUT2D eigenvalue weighted by atomic mass is 35.5. The van der Waals surface area contributed by atoms with Gasteiger partial charge in [-0.3, -0.25) is 4.79 Å². The third kappa shape index (κ3) is 3.28. The first-order valence-corrected chi connectivity index (χ1v) is 8.10. The molecule has 0 radical (unpaired) electrons. The van der Waals surface area contributed by atoms with Gasteiger partial charge in [0.25, 0.3) is 5.91 Å². The molecule has 0 heterocycles. The Morgan fingerprint density at radius 3 is 2.46 bits per heavy atom. The molecule has 0 saturated carbocycles. The molecule has 0 aliphatic carbocycles. The van der Waals surface area contributed by atoms with Gasteiger partial charge in [0.2, 0.25) is 0 Å². The summed E-state index contributed by atoms with van der Waals surface area (Å²) in [4.78, 5) is 12.6. The fourth-order valence-electron chi connectivity index (χ4n) is 2.57. The number of benzene rings is 3. The largest absolute Gasteiger partial charge is 0.348 e. The van der Waals surface area contributed by atoms with Gasteiger partial charge in [0.15, 0.2) is 0 Å². The van der Waals surface area contributed by atoms with E-state index in [1.165, 1.54) is 6.21 Å². The first-order chi connectivity index (χ1) is 11.6. The molecule has 0 bridgehead atoms. The molecule has 0 spiro atoms. The number of amides is 1. The van der Waals surface area contributed by atoms with E-state index in [1.54, 1.807) is 24.3 Å². The molecule has 0 saturated heterocycles. The molecule has 0 aliphatic heterocycles. The summed E-state index contributed by atoms with van der Waals surface area (Å²) in [6.45, 7) is 0.358. The average molecular weight is 357 g/mol. The van der Waals surface area contributed by atoms with Crippen LogP contribution in [0.3, 0.4) is 0 Å². The zero-order valence-corrected chi connectivity index (χ0v) is 14.2. The maximum absolute atomic E-state index is 12.6. The third-order valence-electron chi connectivity index (χ3n) is 3.80. The maximum atomic E-state index is 12.6. The zero-order valence-electron chi connectivity index (χ0n) is 12.6. The molecule has 0 aliphatic rings. The van der Waals surface area contributed by atoms with Gasteiger partial charge in [-0.1, -0.05) is 59.6 Å². The molecule has 3 rings (SSSR count). The smallest absolute Gasteiger partial charge is 0.252 e. The van der Waals surface area contributed by atoms with E-state index in [9.17, 15) is 4.79 Å². The van der Waals surface area contributed by atoms with Crippen molar-refractivity contribution in [2.75, 3.05) is 0 Å². The maximum Gasteiger partial charge on any atom is 0.252 e. The molecule has 0 fully saturated rings. The molecule has 0 unspecified atom stereocenters. The number of rotatable bonds is 4. The normalized spacial score (nSPS) is 10.6. The quantitative estimate of drug-likeness (QED) is 0.629. The van der Waals surface area contributed by atoms with Crippen LogP contribution in [-0.2, 0) is 6.54 Å². The van der Waals surface area contributed by atoms with Gasteiger partial charge in [-0.05, 0) is 40.1 Å². The van der Waals surface area contributed by atoms with Crippen LogP contribution in [0.25, 0.3) is 10.8 Å². The van der Waals surface area contributed by atoms with Crippen LogP contribution in [0.5, 0.6) is 0 Å². The minimum Gasteiger partial charge on any atom is -0.348 e. The van der Waals surface area contributed by atoms with E-state index in [1.807, 2.05) is 30.3 Å². The molecular weight excluding hydrogens is 343 g/mol. The molecule has 3 aromatic rings. The van der Waals surface area contributed by atoms with E-state index in [-0.39, 0.29) is 5.91 Å². The van der Waals surface area contributed by atoms with Crippen molar-refractivity contribution in [3.05, 3.63) is 81.3 Å². The van der Waals surface area contributed by atoms with Gasteiger partial charge >= 0.3 is 0 Å². The first kappa shape index (κ1) is 16.5. The standard InChI is InChI=1S/C19H14Cl2N2O/c20-17-8-5-12(9-18(17)21)11-23-19(24)16-7-6-13(10-22)14-3-1-2-4-15(14)16/h1-10,22H,11H2,(H,23,24). The number of fused-ring (bicyclic) bond motifs is 1. The Balaban J connectivity index is 1.86. The summed E-state index contributed by atoms with van der Waals surface area (Å²) in [7, 11) is 0. The molecule has 1 amide bonds. The third-order valence-corrected chi connectivity index (χ3v) is 4.53. The van der Waals surface area contributed by atoms with Gasteiger partial charge in [-0.25, -0.2) is 0 Å². The fraction of sp³-hybridized carbons (Fsp3) is 0.0526. The Morgan fingerprint density at radius 2 is 1.75 bits per heavy atom. The van der Waals surface area contributed by atoms with E-state index < -0.39 is 0 Å². The number of hydrogen-bond acceptors (Lipinski definition) is 2. The lowest BCUT2D eigenvalue weighted by Gasteiger charge is -2.10. The molecule has 5 heteroatoms. The predicted molar refractivity (Wildman–Crippen MR) is 99.5 cm³/mol. The van der Waals surface area contributed by atoms with Crippen LogP contribution >= 0.6 is 23.2 Å². The monoisotopic (exact) mass is 356 g/mol. The Morgan fingerprint density at radius 1 is 1.00 bits per heavy atom. The van der Waals surface area contributed by atoms with E-state index in [0.717, 1.165) is 21.9 Å². The Kier molecular flexibility index (Phi) is 4.84. The van der Waals surface area contributed by atoms with Crippen molar-refractivity contribution < 1.29 is 4.79 Å². The molecular formula is C19H14Cl2N2O. The highest BCUT2D eigenvalue weighted by molar-refractivity contribution is 6.42. The molecule has 0 atom stereocenters. The Hall–Kier alpha value is -2.36. The van der Waals surface area contributed by atoms with Crippen LogP contribution in [0.2, 0.25) is 10.0 Å². The summed E-state index contributed by atoms with van der Waals surface area (Å²) >= 11 is 11.9. The van der Waals surface area contributed by atoms with Gasteiger partial charge in [-0.2, -0.15) is 0 Å². The molecule has 120 valence electrons. The predicted octanol–water partition coefficient (Wildman–Crippen LogP) is 5.07. The minimum atomic E-state index is -0.172. The Labute approximate surface area is 149 Å². The summed E-state index contributed by atoms with van der Waals surface area (Å²) in [6.07, 6.45) is 1.29. The second kappa shape index (κ2) is 7.04. The van der Waals surface area contributed by atoms with Gasteiger partial charge in [-0.15, -0.1) is 0 Å². The SMILES string of the molecule is N=Cc1ccc(C(=O)NCc2ccc(Cl)c(Cl)c2)c2ccccc12. The zero-order chi connectivity index (χ0) is 17.1. The van der Waals surface area contributed by atoms with Crippen molar-refractivity contribution >= 4 is 46.1 Å². The lowest BCUT2D eigenvalue weighted by Crippen LogP contribution is -2.23. The van der Waals surface area contributed by atoms with Crippen molar-refractivity contribution in [2.24, 2.45) is 0 Å². The molecule has 2 N–H and O–H groups in total. The van der Waals surface area contributed by atoms with Gasteiger partial charge in [0.1, 0.15) is 0 Å².